The second kappa shape index (κ2) is 9.75. The Bertz CT molecular complexity index is 919. The van der Waals surface area contributed by atoms with E-state index < -0.39 is 5.60 Å². The molecule has 2 aliphatic rings. The van der Waals surface area contributed by atoms with E-state index >= 15 is 0 Å². The summed E-state index contributed by atoms with van der Waals surface area (Å²) in [5.41, 5.74) is 3.33. The molecule has 0 saturated carbocycles. The largest absolute Gasteiger partial charge is 0.444 e. The molecule has 1 aromatic heterocycles. The van der Waals surface area contributed by atoms with Crippen molar-refractivity contribution >= 4 is 11.7 Å². The highest BCUT2D eigenvalue weighted by molar-refractivity contribution is 5.78. The van der Waals surface area contributed by atoms with Crippen molar-refractivity contribution in [3.8, 4) is 0 Å². The highest BCUT2D eigenvalue weighted by Crippen LogP contribution is 2.31. The van der Waals surface area contributed by atoms with Crippen LogP contribution in [0, 0.1) is 5.92 Å². The zero-order valence-corrected chi connectivity index (χ0v) is 20.7. The first-order chi connectivity index (χ1) is 14.5. The summed E-state index contributed by atoms with van der Waals surface area (Å²) >= 11 is 0. The fraction of sp³-hybridized carbons (Fsp3) is 0.600. The first-order valence-electron chi connectivity index (χ1n) is 11.3. The number of carbonyl (C=O) groups is 1. The van der Waals surface area contributed by atoms with Crippen molar-refractivity contribution in [2.24, 2.45) is 13.0 Å². The molecule has 1 atom stereocenters. The maximum atomic E-state index is 12.8. The van der Waals surface area contributed by atoms with Gasteiger partial charge in [0, 0.05) is 44.0 Å². The Hall–Kier alpha value is -2.50. The number of pyridine rings is 1. The molecular formula is C25H39N3O3. The van der Waals surface area contributed by atoms with Crippen molar-refractivity contribution in [3.63, 3.8) is 0 Å². The minimum atomic E-state index is -0.545. The third-order valence-corrected chi connectivity index (χ3v) is 5.53. The lowest BCUT2D eigenvalue weighted by Crippen LogP contribution is -2.42. The Morgan fingerprint density at radius 2 is 1.81 bits per heavy atom. The molecule has 6 nitrogen and oxygen atoms in total. The van der Waals surface area contributed by atoms with Crippen molar-refractivity contribution in [1.29, 1.82) is 0 Å². The number of rotatable bonds is 2. The summed E-state index contributed by atoms with van der Waals surface area (Å²) in [7, 11) is 3.88. The summed E-state index contributed by atoms with van der Waals surface area (Å²) in [5, 5.41) is 0. The van der Waals surface area contributed by atoms with Crippen LogP contribution in [0.4, 0.5) is 4.79 Å². The first kappa shape index (κ1) is 24.8. The molecule has 0 radical (unpaired) electrons. The van der Waals surface area contributed by atoms with E-state index in [-0.39, 0.29) is 17.7 Å². The molecule has 3 heterocycles. The molecule has 1 aromatic rings. The number of aromatic nitrogens is 1. The molecule has 31 heavy (non-hydrogen) atoms. The Kier molecular flexibility index (Phi) is 7.79. The standard InChI is InChI=1S/C23H33N3O3.C2H6/c1-15(2)20-12-16(8-10-24(20)6)18-13-25(7)21(27)17-9-11-26(14-19(17)18)22(28)29-23(3,4)5;1-2/h8,10,12-13,15,20H,9,11,14H2,1-7H3;1-2H3. The monoisotopic (exact) mass is 429 g/mol. The number of hydrogen-bond donors (Lipinski definition) is 0. The molecule has 0 N–H and O–H groups in total. The minimum Gasteiger partial charge on any atom is -0.444 e. The van der Waals surface area contributed by atoms with Crippen molar-refractivity contribution < 1.29 is 9.53 Å². The first-order valence-corrected chi connectivity index (χ1v) is 11.3. The highest BCUT2D eigenvalue weighted by atomic mass is 16.6. The van der Waals surface area contributed by atoms with E-state index in [1.54, 1.807) is 16.5 Å². The van der Waals surface area contributed by atoms with Crippen LogP contribution in [0.2, 0.25) is 0 Å². The van der Waals surface area contributed by atoms with E-state index in [1.165, 1.54) is 0 Å². The van der Waals surface area contributed by atoms with Crippen molar-refractivity contribution in [2.45, 2.75) is 73.1 Å². The predicted molar refractivity (Wildman–Crippen MR) is 127 cm³/mol. The fourth-order valence-corrected chi connectivity index (χ4v) is 4.02. The summed E-state index contributed by atoms with van der Waals surface area (Å²) < 4.78 is 7.22. The number of fused-ring (bicyclic) bond motifs is 1. The smallest absolute Gasteiger partial charge is 0.410 e. The second-order valence-electron chi connectivity index (χ2n) is 9.41. The van der Waals surface area contributed by atoms with Crippen LogP contribution in [-0.4, -0.2) is 45.7 Å². The van der Waals surface area contributed by atoms with Crippen molar-refractivity contribution in [3.05, 3.63) is 51.6 Å². The van der Waals surface area contributed by atoms with Gasteiger partial charge in [0.05, 0.1) is 6.54 Å². The molecule has 3 rings (SSSR count). The van der Waals surface area contributed by atoms with Crippen LogP contribution in [0.25, 0.3) is 5.57 Å². The summed E-state index contributed by atoms with van der Waals surface area (Å²) in [4.78, 5) is 29.3. The van der Waals surface area contributed by atoms with Gasteiger partial charge in [0.2, 0.25) is 0 Å². The molecule has 1 unspecified atom stereocenters. The fourth-order valence-electron chi connectivity index (χ4n) is 4.02. The van der Waals surface area contributed by atoms with E-state index in [0.29, 0.717) is 25.4 Å². The second-order valence-corrected chi connectivity index (χ2v) is 9.41. The number of hydrogen-bond acceptors (Lipinski definition) is 4. The van der Waals surface area contributed by atoms with Gasteiger partial charge in [-0.05, 0) is 56.5 Å². The van der Waals surface area contributed by atoms with Gasteiger partial charge in [-0.15, -0.1) is 0 Å². The van der Waals surface area contributed by atoms with Gasteiger partial charge in [0.25, 0.3) is 5.56 Å². The minimum absolute atomic E-state index is 0.0190. The van der Waals surface area contributed by atoms with Crippen LogP contribution in [0.3, 0.4) is 0 Å². The number of ether oxygens (including phenoxy) is 1. The average Bonchev–Trinajstić information content (AvgIpc) is 2.71. The van der Waals surface area contributed by atoms with Gasteiger partial charge in [-0.3, -0.25) is 4.79 Å². The normalized spacial score (nSPS) is 18.3. The third kappa shape index (κ3) is 5.60. The van der Waals surface area contributed by atoms with E-state index in [0.717, 1.165) is 22.3 Å². The van der Waals surface area contributed by atoms with Crippen molar-refractivity contribution in [2.75, 3.05) is 13.6 Å². The van der Waals surface area contributed by atoms with Gasteiger partial charge < -0.3 is 19.1 Å². The quantitative estimate of drug-likeness (QED) is 0.691. The van der Waals surface area contributed by atoms with Crippen LogP contribution < -0.4 is 5.56 Å². The molecule has 0 bridgehead atoms. The molecule has 2 aliphatic heterocycles. The summed E-state index contributed by atoms with van der Waals surface area (Å²) in [6.07, 6.45) is 8.55. The van der Waals surface area contributed by atoms with Gasteiger partial charge >= 0.3 is 6.09 Å². The molecule has 0 aromatic carbocycles. The molecule has 0 saturated heterocycles. The number of likely N-dealkylation sites (N-methyl/N-ethyl adjacent to an activating group) is 1. The van der Waals surface area contributed by atoms with Crippen LogP contribution in [-0.2, 0) is 24.8 Å². The predicted octanol–water partition coefficient (Wildman–Crippen LogP) is 4.57. The number of nitrogens with zero attached hydrogens (tertiary/aromatic N) is 3. The van der Waals surface area contributed by atoms with E-state index in [4.69, 9.17) is 4.74 Å². The number of allylic oxidation sites excluding steroid dienone is 2. The molecule has 6 heteroatoms. The van der Waals surface area contributed by atoms with Crippen LogP contribution in [0.5, 0.6) is 0 Å². The Morgan fingerprint density at radius 1 is 1.16 bits per heavy atom. The SMILES string of the molecule is CC.CC(C)C1C=C(c2cn(C)c(=O)c3c2CN(C(=O)OC(C)(C)C)CC3)C=CN1C. The Morgan fingerprint density at radius 3 is 2.39 bits per heavy atom. The Labute approximate surface area is 187 Å². The highest BCUT2D eigenvalue weighted by Gasteiger charge is 2.30. The van der Waals surface area contributed by atoms with Crippen LogP contribution >= 0.6 is 0 Å². The maximum Gasteiger partial charge on any atom is 0.410 e. The topological polar surface area (TPSA) is 54.8 Å². The van der Waals surface area contributed by atoms with Crippen LogP contribution in [0.1, 0.15) is 65.2 Å². The lowest BCUT2D eigenvalue weighted by atomic mass is 9.89. The molecule has 0 spiro atoms. The summed E-state index contributed by atoms with van der Waals surface area (Å²) in [6.45, 7) is 14.9. The maximum absolute atomic E-state index is 12.8. The average molecular weight is 430 g/mol. The molecular weight excluding hydrogens is 390 g/mol. The molecule has 1 amide bonds. The number of aryl methyl sites for hydroxylation is 1. The summed E-state index contributed by atoms with van der Waals surface area (Å²) in [5.74, 6) is 0.460. The molecule has 0 fully saturated rings. The van der Waals surface area contributed by atoms with Gasteiger partial charge in [-0.25, -0.2) is 4.79 Å². The molecule has 0 aliphatic carbocycles. The number of amides is 1. The van der Waals surface area contributed by atoms with Crippen molar-refractivity contribution in [1.82, 2.24) is 14.4 Å². The van der Waals surface area contributed by atoms with Gasteiger partial charge in [0.1, 0.15) is 5.60 Å². The number of carbonyl (C=O) groups excluding carboxylic acids is 1. The summed E-state index contributed by atoms with van der Waals surface area (Å²) in [6, 6.07) is 0.286. The van der Waals surface area contributed by atoms with Crippen LogP contribution in [0.15, 0.2) is 29.3 Å². The third-order valence-electron chi connectivity index (χ3n) is 5.53. The van der Waals surface area contributed by atoms with E-state index in [2.05, 4.69) is 44.1 Å². The van der Waals surface area contributed by atoms with Gasteiger partial charge in [0.15, 0.2) is 0 Å². The van der Waals surface area contributed by atoms with E-state index in [1.807, 2.05) is 40.8 Å². The zero-order chi connectivity index (χ0) is 23.5. The van der Waals surface area contributed by atoms with Gasteiger partial charge in [-0.1, -0.05) is 33.8 Å². The van der Waals surface area contributed by atoms with E-state index in [9.17, 15) is 9.59 Å². The Balaban J connectivity index is 0.00000166. The molecule has 172 valence electrons. The van der Waals surface area contributed by atoms with Gasteiger partial charge in [-0.2, -0.15) is 0 Å². The zero-order valence-electron chi connectivity index (χ0n) is 20.7. The lowest BCUT2D eigenvalue weighted by molar-refractivity contribution is 0.0223. The lowest BCUT2D eigenvalue weighted by Gasteiger charge is -2.34.